The number of nitrogens with one attached hydrogen (secondary N) is 2. The number of carbonyl (C=O) groups excluding carboxylic acids is 1. The van der Waals surface area contributed by atoms with Gasteiger partial charge in [-0.05, 0) is 6.92 Å². The number of thiazole rings is 1. The largest absolute Gasteiger partial charge is 0.432 e. The first-order chi connectivity index (χ1) is 8.65. The van der Waals surface area contributed by atoms with Gasteiger partial charge in [0.05, 0.1) is 11.2 Å². The van der Waals surface area contributed by atoms with Crippen molar-refractivity contribution in [3.63, 3.8) is 0 Å². The Balaban J connectivity index is 1.79. The third-order valence-corrected chi connectivity index (χ3v) is 3.43. The molecular weight excluding hydrogens is 252 g/mol. The van der Waals surface area contributed by atoms with Crippen LogP contribution < -0.4 is 10.6 Å². The van der Waals surface area contributed by atoms with Gasteiger partial charge in [0.25, 0.3) is 0 Å². The van der Waals surface area contributed by atoms with Crippen LogP contribution in [0, 0.1) is 6.92 Å². The topological polar surface area (TPSA) is 80.0 Å². The molecule has 1 atom stereocenters. The zero-order chi connectivity index (χ0) is 13.0. The number of hydrogen-bond acceptors (Lipinski definition) is 5. The lowest BCUT2D eigenvalue weighted by molar-refractivity contribution is 0.251. The minimum atomic E-state index is -0.336. The van der Waals surface area contributed by atoms with Crippen molar-refractivity contribution in [3.05, 3.63) is 28.5 Å². The summed E-state index contributed by atoms with van der Waals surface area (Å²) in [6, 6.07) is -0.150. The van der Waals surface area contributed by atoms with E-state index in [4.69, 9.17) is 4.42 Å². The van der Waals surface area contributed by atoms with Gasteiger partial charge in [0.15, 0.2) is 0 Å². The maximum atomic E-state index is 11.5. The van der Waals surface area contributed by atoms with Crippen molar-refractivity contribution in [2.45, 2.75) is 19.8 Å². The molecule has 7 heteroatoms. The van der Waals surface area contributed by atoms with E-state index in [1.54, 1.807) is 11.3 Å². The van der Waals surface area contributed by atoms with E-state index in [9.17, 15) is 4.79 Å². The van der Waals surface area contributed by atoms with E-state index in [0.717, 1.165) is 5.01 Å². The molecule has 0 bridgehead atoms. The number of rotatable bonds is 4. The van der Waals surface area contributed by atoms with E-state index in [-0.39, 0.29) is 18.0 Å². The number of aromatic nitrogens is 2. The number of nitrogens with zero attached hydrogens (tertiary/aromatic N) is 2. The first-order valence-corrected chi connectivity index (χ1v) is 6.33. The molecule has 18 heavy (non-hydrogen) atoms. The molecule has 0 saturated heterocycles. The second-order valence-corrected chi connectivity index (χ2v) is 5.15. The zero-order valence-electron chi connectivity index (χ0n) is 10.1. The van der Waals surface area contributed by atoms with Crippen LogP contribution in [0.5, 0.6) is 0 Å². The van der Waals surface area contributed by atoms with Crippen LogP contribution in [-0.2, 0) is 0 Å². The quantitative estimate of drug-likeness (QED) is 0.890. The van der Waals surface area contributed by atoms with Crippen molar-refractivity contribution < 1.29 is 9.21 Å². The summed E-state index contributed by atoms with van der Waals surface area (Å²) < 4.78 is 4.91. The van der Waals surface area contributed by atoms with Gasteiger partial charge >= 0.3 is 12.0 Å². The van der Waals surface area contributed by atoms with Gasteiger partial charge in [0, 0.05) is 23.5 Å². The average molecular weight is 266 g/mol. The van der Waals surface area contributed by atoms with Crippen molar-refractivity contribution in [3.8, 4) is 0 Å². The minimum absolute atomic E-state index is 0.180. The van der Waals surface area contributed by atoms with Gasteiger partial charge in [-0.25, -0.2) is 14.8 Å². The average Bonchev–Trinajstić information content (AvgIpc) is 2.97. The van der Waals surface area contributed by atoms with Crippen molar-refractivity contribution >= 4 is 23.4 Å². The number of amides is 2. The van der Waals surface area contributed by atoms with Gasteiger partial charge in [-0.15, -0.1) is 11.3 Å². The molecule has 0 unspecified atom stereocenters. The van der Waals surface area contributed by atoms with E-state index in [0.29, 0.717) is 6.54 Å². The maximum Gasteiger partial charge on any atom is 0.322 e. The van der Waals surface area contributed by atoms with Crippen LogP contribution in [-0.4, -0.2) is 22.5 Å². The SMILES string of the molecule is Cc1cnc([C@@H](C)CNC(=O)Nc2ncco2)s1. The molecule has 0 spiro atoms. The molecule has 0 aromatic carbocycles. The number of oxazole rings is 1. The number of carbonyl (C=O) groups is 1. The van der Waals surface area contributed by atoms with E-state index >= 15 is 0 Å². The summed E-state index contributed by atoms with van der Waals surface area (Å²) in [4.78, 5) is 20.8. The molecule has 2 amide bonds. The summed E-state index contributed by atoms with van der Waals surface area (Å²) in [5, 5.41) is 6.25. The van der Waals surface area contributed by atoms with Crippen LogP contribution in [0.15, 0.2) is 23.1 Å². The Bertz CT molecular complexity index is 509. The molecule has 2 N–H and O–H groups in total. The summed E-state index contributed by atoms with van der Waals surface area (Å²) in [6.45, 7) is 4.54. The predicted molar refractivity (Wildman–Crippen MR) is 68.8 cm³/mol. The Kier molecular flexibility index (Phi) is 3.93. The number of urea groups is 1. The van der Waals surface area contributed by atoms with Crippen molar-refractivity contribution in [2.75, 3.05) is 11.9 Å². The summed E-state index contributed by atoms with van der Waals surface area (Å²) in [5.41, 5.74) is 0. The summed E-state index contributed by atoms with van der Waals surface area (Å²) in [7, 11) is 0. The fraction of sp³-hybridized carbons (Fsp3) is 0.364. The van der Waals surface area contributed by atoms with Gasteiger partial charge in [-0.2, -0.15) is 0 Å². The molecule has 2 aromatic heterocycles. The van der Waals surface area contributed by atoms with E-state index in [2.05, 4.69) is 20.6 Å². The molecule has 0 aliphatic heterocycles. The van der Waals surface area contributed by atoms with Crippen molar-refractivity contribution in [2.24, 2.45) is 0 Å². The Morgan fingerprint density at radius 3 is 3.00 bits per heavy atom. The predicted octanol–water partition coefficient (Wildman–Crippen LogP) is 2.36. The van der Waals surface area contributed by atoms with Gasteiger partial charge in [0.2, 0.25) is 0 Å². The van der Waals surface area contributed by atoms with Gasteiger partial charge in [0.1, 0.15) is 6.26 Å². The third-order valence-electron chi connectivity index (χ3n) is 2.28. The van der Waals surface area contributed by atoms with Crippen LogP contribution in [0.25, 0.3) is 0 Å². The smallest absolute Gasteiger partial charge is 0.322 e. The normalized spacial score (nSPS) is 12.1. The van der Waals surface area contributed by atoms with Gasteiger partial charge in [-0.3, -0.25) is 5.32 Å². The molecule has 0 fully saturated rings. The lowest BCUT2D eigenvalue weighted by Gasteiger charge is -2.09. The summed E-state index contributed by atoms with van der Waals surface area (Å²) in [5.74, 6) is 0.180. The second-order valence-electron chi connectivity index (χ2n) is 3.88. The minimum Gasteiger partial charge on any atom is -0.432 e. The summed E-state index contributed by atoms with van der Waals surface area (Å²) >= 11 is 1.64. The Morgan fingerprint density at radius 1 is 1.56 bits per heavy atom. The Hall–Kier alpha value is -1.89. The number of aryl methyl sites for hydroxylation is 1. The molecule has 2 rings (SSSR count). The lowest BCUT2D eigenvalue weighted by atomic mass is 10.2. The van der Waals surface area contributed by atoms with Crippen molar-refractivity contribution in [1.29, 1.82) is 0 Å². The van der Waals surface area contributed by atoms with Crippen LogP contribution in [0.3, 0.4) is 0 Å². The zero-order valence-corrected chi connectivity index (χ0v) is 11.0. The molecule has 0 aliphatic carbocycles. The third kappa shape index (κ3) is 3.30. The summed E-state index contributed by atoms with van der Waals surface area (Å²) in [6.07, 6.45) is 4.70. The molecule has 0 aliphatic rings. The number of anilines is 1. The van der Waals surface area contributed by atoms with E-state index in [1.807, 2.05) is 20.0 Å². The van der Waals surface area contributed by atoms with E-state index in [1.165, 1.54) is 17.3 Å². The molecule has 0 saturated carbocycles. The highest BCUT2D eigenvalue weighted by molar-refractivity contribution is 7.11. The van der Waals surface area contributed by atoms with Crippen LogP contribution >= 0.6 is 11.3 Å². The highest BCUT2D eigenvalue weighted by atomic mass is 32.1. The van der Waals surface area contributed by atoms with E-state index < -0.39 is 0 Å². The maximum absolute atomic E-state index is 11.5. The number of hydrogen-bond donors (Lipinski definition) is 2. The first-order valence-electron chi connectivity index (χ1n) is 5.52. The van der Waals surface area contributed by atoms with Crippen LogP contribution in [0.2, 0.25) is 0 Å². The van der Waals surface area contributed by atoms with Gasteiger partial charge in [-0.1, -0.05) is 6.92 Å². The highest BCUT2D eigenvalue weighted by Crippen LogP contribution is 2.20. The van der Waals surface area contributed by atoms with Crippen LogP contribution in [0.4, 0.5) is 10.8 Å². The molecule has 2 heterocycles. The molecular formula is C11H14N4O2S. The van der Waals surface area contributed by atoms with Crippen molar-refractivity contribution in [1.82, 2.24) is 15.3 Å². The molecule has 0 radical (unpaired) electrons. The molecule has 6 nitrogen and oxygen atoms in total. The Labute approximate surface area is 108 Å². The standard InChI is InChI=1S/C11H14N4O2S/c1-7(9-13-6-8(2)18-9)5-14-10(16)15-11-12-3-4-17-11/h3-4,6-7H,5H2,1-2H3,(H2,12,14,15,16)/t7-/m0/s1. The van der Waals surface area contributed by atoms with Crippen LogP contribution in [0.1, 0.15) is 22.7 Å². The van der Waals surface area contributed by atoms with Gasteiger partial charge < -0.3 is 9.73 Å². The lowest BCUT2D eigenvalue weighted by Crippen LogP contribution is -2.31. The second kappa shape index (κ2) is 5.63. The molecule has 2 aromatic rings. The fourth-order valence-corrected chi connectivity index (χ4v) is 2.18. The monoisotopic (exact) mass is 266 g/mol. The molecule has 96 valence electrons. The Morgan fingerprint density at radius 2 is 2.39 bits per heavy atom. The first kappa shape index (κ1) is 12.6. The fourth-order valence-electron chi connectivity index (χ4n) is 1.36. The highest BCUT2D eigenvalue weighted by Gasteiger charge is 2.11.